The second kappa shape index (κ2) is 4.83. The number of nitrogens with zero attached hydrogens (tertiary/aromatic N) is 2. The van der Waals surface area contributed by atoms with Crippen LogP contribution in [0.5, 0.6) is 0 Å². The van der Waals surface area contributed by atoms with Crippen molar-refractivity contribution in [2.24, 2.45) is 0 Å². The lowest BCUT2D eigenvalue weighted by Crippen LogP contribution is -2.40. The summed E-state index contributed by atoms with van der Waals surface area (Å²) in [5.74, 6) is -1.23. The van der Waals surface area contributed by atoms with Crippen LogP contribution in [0, 0.1) is 0 Å². The van der Waals surface area contributed by atoms with E-state index in [2.05, 4.69) is 20.9 Å². The van der Waals surface area contributed by atoms with Gasteiger partial charge < -0.3 is 10.0 Å². The number of carbonyl (C=O) groups is 2. The van der Waals surface area contributed by atoms with Gasteiger partial charge in [-0.15, -0.1) is 0 Å². The molecule has 0 saturated carbocycles. The molecule has 0 radical (unpaired) electrons. The number of amides is 1. The smallest absolute Gasteiger partial charge is 0.326 e. The van der Waals surface area contributed by atoms with Crippen molar-refractivity contribution in [3.05, 3.63) is 28.5 Å². The normalized spacial score (nSPS) is 19.4. The molecule has 0 aliphatic carbocycles. The molecule has 0 aromatic carbocycles. The molecule has 1 aromatic rings. The van der Waals surface area contributed by atoms with Crippen LogP contribution >= 0.6 is 15.9 Å². The lowest BCUT2D eigenvalue weighted by atomic mass is 10.2. The van der Waals surface area contributed by atoms with Crippen LogP contribution in [-0.4, -0.2) is 39.5 Å². The lowest BCUT2D eigenvalue weighted by Gasteiger charge is -2.21. The highest BCUT2D eigenvalue weighted by atomic mass is 79.9. The summed E-state index contributed by atoms with van der Waals surface area (Å²) in [6.07, 6.45) is 2.80. The summed E-state index contributed by atoms with van der Waals surface area (Å²) in [5.41, 5.74) is 0.403. The van der Waals surface area contributed by atoms with Crippen molar-refractivity contribution in [2.45, 2.75) is 18.9 Å². The van der Waals surface area contributed by atoms with Crippen LogP contribution in [0.1, 0.15) is 23.2 Å². The zero-order valence-electron chi connectivity index (χ0n) is 8.97. The number of rotatable bonds is 2. The zero-order valence-corrected chi connectivity index (χ0v) is 10.6. The van der Waals surface area contributed by atoms with Gasteiger partial charge in [0.25, 0.3) is 5.91 Å². The van der Waals surface area contributed by atoms with Crippen LogP contribution in [0.4, 0.5) is 0 Å². The highest BCUT2D eigenvalue weighted by molar-refractivity contribution is 9.10. The molecule has 17 heavy (non-hydrogen) atoms. The van der Waals surface area contributed by atoms with Crippen molar-refractivity contribution in [2.75, 3.05) is 6.54 Å². The Kier molecular flexibility index (Phi) is 3.42. The van der Waals surface area contributed by atoms with E-state index in [-0.39, 0.29) is 5.91 Å². The van der Waals surface area contributed by atoms with Gasteiger partial charge >= 0.3 is 5.97 Å². The average Bonchev–Trinajstić information content (AvgIpc) is 2.77. The Morgan fingerprint density at radius 3 is 2.94 bits per heavy atom. The number of likely N-dealkylation sites (tertiary alicyclic amines) is 1. The van der Waals surface area contributed by atoms with Gasteiger partial charge in [-0.05, 0) is 40.9 Å². The maximum atomic E-state index is 12.2. The molecule has 1 N–H and O–H groups in total. The summed E-state index contributed by atoms with van der Waals surface area (Å²) in [6.45, 7) is 0.483. The molecule has 0 bridgehead atoms. The number of pyridine rings is 1. The fraction of sp³-hybridized carbons (Fsp3) is 0.364. The van der Waals surface area contributed by atoms with Crippen molar-refractivity contribution in [3.63, 3.8) is 0 Å². The molecule has 90 valence electrons. The van der Waals surface area contributed by atoms with Crippen LogP contribution in [0.25, 0.3) is 0 Å². The first kappa shape index (κ1) is 12.0. The second-order valence-electron chi connectivity index (χ2n) is 3.84. The minimum atomic E-state index is -0.948. The van der Waals surface area contributed by atoms with Crippen molar-refractivity contribution in [3.8, 4) is 0 Å². The Morgan fingerprint density at radius 1 is 1.53 bits per heavy atom. The Morgan fingerprint density at radius 2 is 2.29 bits per heavy atom. The molecular weight excluding hydrogens is 288 g/mol. The third-order valence-electron chi connectivity index (χ3n) is 2.79. The van der Waals surface area contributed by atoms with E-state index in [0.717, 1.165) is 6.42 Å². The highest BCUT2D eigenvalue weighted by Crippen LogP contribution is 2.22. The van der Waals surface area contributed by atoms with Gasteiger partial charge in [0, 0.05) is 12.7 Å². The summed E-state index contributed by atoms with van der Waals surface area (Å²) < 4.78 is 0.445. The number of hydrogen-bond acceptors (Lipinski definition) is 3. The van der Waals surface area contributed by atoms with Gasteiger partial charge in [-0.3, -0.25) is 4.79 Å². The van der Waals surface area contributed by atoms with Gasteiger partial charge in [-0.2, -0.15) is 0 Å². The summed E-state index contributed by atoms with van der Waals surface area (Å²) in [6, 6.07) is 2.58. The first-order valence-electron chi connectivity index (χ1n) is 5.25. The van der Waals surface area contributed by atoms with E-state index in [1.165, 1.54) is 4.90 Å². The van der Waals surface area contributed by atoms with Gasteiger partial charge in [0.1, 0.15) is 10.6 Å². The molecule has 0 unspecified atom stereocenters. The van der Waals surface area contributed by atoms with Crippen molar-refractivity contribution >= 4 is 27.8 Å². The van der Waals surface area contributed by atoms with Gasteiger partial charge in [0.15, 0.2) is 0 Å². The summed E-state index contributed by atoms with van der Waals surface area (Å²) in [4.78, 5) is 28.5. The number of hydrogen-bond donors (Lipinski definition) is 1. The van der Waals surface area contributed by atoms with Gasteiger partial charge in [0.2, 0.25) is 0 Å². The molecule has 2 heterocycles. The van der Waals surface area contributed by atoms with Crippen LogP contribution in [-0.2, 0) is 4.79 Å². The molecule has 2 rings (SSSR count). The van der Waals surface area contributed by atoms with Crippen LogP contribution in [0.2, 0.25) is 0 Å². The molecule has 5 nitrogen and oxygen atoms in total. The quantitative estimate of drug-likeness (QED) is 0.841. The largest absolute Gasteiger partial charge is 0.480 e. The van der Waals surface area contributed by atoms with Crippen LogP contribution in [0.3, 0.4) is 0 Å². The van der Waals surface area contributed by atoms with E-state index in [1.54, 1.807) is 18.3 Å². The molecule has 0 spiro atoms. The second-order valence-corrected chi connectivity index (χ2v) is 4.59. The summed E-state index contributed by atoms with van der Waals surface area (Å²) >= 11 is 3.19. The van der Waals surface area contributed by atoms with E-state index in [9.17, 15) is 9.59 Å². The molecule has 1 atom stereocenters. The van der Waals surface area contributed by atoms with Gasteiger partial charge in [-0.1, -0.05) is 0 Å². The third-order valence-corrected chi connectivity index (χ3v) is 3.42. The monoisotopic (exact) mass is 298 g/mol. The zero-order chi connectivity index (χ0) is 12.4. The van der Waals surface area contributed by atoms with E-state index in [4.69, 9.17) is 5.11 Å². The lowest BCUT2D eigenvalue weighted by molar-refractivity contribution is -0.141. The van der Waals surface area contributed by atoms with Crippen molar-refractivity contribution < 1.29 is 14.7 Å². The Bertz CT molecular complexity index is 464. The molecule has 1 fully saturated rings. The average molecular weight is 299 g/mol. The third kappa shape index (κ3) is 2.31. The minimum absolute atomic E-state index is 0.283. The Labute approximate surface area is 107 Å². The van der Waals surface area contributed by atoms with Crippen LogP contribution < -0.4 is 0 Å². The molecule has 1 aliphatic rings. The minimum Gasteiger partial charge on any atom is -0.480 e. The van der Waals surface area contributed by atoms with E-state index >= 15 is 0 Å². The maximum absolute atomic E-state index is 12.2. The highest BCUT2D eigenvalue weighted by Gasteiger charge is 2.35. The maximum Gasteiger partial charge on any atom is 0.326 e. The molecule has 1 aromatic heterocycles. The Balaban J connectivity index is 2.26. The standard InChI is InChI=1S/C11H11BrN2O3/c12-9-7(3-1-5-13-9)10(15)14-6-2-4-8(14)11(16)17/h1,3,5,8H,2,4,6H2,(H,16,17)/t8-/m1/s1. The summed E-state index contributed by atoms with van der Waals surface area (Å²) in [5, 5.41) is 9.03. The predicted octanol–water partition coefficient (Wildman–Crippen LogP) is 1.53. The molecular formula is C11H11BrN2O3. The number of carbonyl (C=O) groups excluding carboxylic acids is 1. The fourth-order valence-corrected chi connectivity index (χ4v) is 2.39. The molecule has 1 saturated heterocycles. The summed E-state index contributed by atoms with van der Waals surface area (Å²) in [7, 11) is 0. The fourth-order valence-electron chi connectivity index (χ4n) is 1.97. The number of carboxylic acids is 1. The van der Waals surface area contributed by atoms with E-state index in [0.29, 0.717) is 23.1 Å². The molecule has 6 heteroatoms. The van der Waals surface area contributed by atoms with Gasteiger partial charge in [0.05, 0.1) is 5.56 Å². The number of carboxylic acid groups (broad SMARTS) is 1. The first-order chi connectivity index (χ1) is 8.11. The Hall–Kier alpha value is -1.43. The van der Waals surface area contributed by atoms with Gasteiger partial charge in [-0.25, -0.2) is 9.78 Å². The van der Waals surface area contributed by atoms with E-state index < -0.39 is 12.0 Å². The van der Waals surface area contributed by atoms with E-state index in [1.807, 2.05) is 0 Å². The van der Waals surface area contributed by atoms with Crippen molar-refractivity contribution in [1.29, 1.82) is 0 Å². The van der Waals surface area contributed by atoms with Crippen molar-refractivity contribution in [1.82, 2.24) is 9.88 Å². The molecule has 1 amide bonds. The SMILES string of the molecule is O=C(O)[C@H]1CCCN1C(=O)c1cccnc1Br. The van der Waals surface area contributed by atoms with Crippen LogP contribution in [0.15, 0.2) is 22.9 Å². The number of aliphatic carboxylic acids is 1. The first-order valence-corrected chi connectivity index (χ1v) is 6.05. The molecule has 1 aliphatic heterocycles. The predicted molar refractivity (Wildman–Crippen MR) is 63.6 cm³/mol. The number of aromatic nitrogens is 1. The number of halogens is 1. The topological polar surface area (TPSA) is 70.5 Å².